The molecule has 0 fully saturated rings. The average Bonchev–Trinajstić information content (AvgIpc) is 2.77. The van der Waals surface area contributed by atoms with Crippen LogP contribution in [0.1, 0.15) is 36.1 Å². The number of hydrogen-bond donors (Lipinski definition) is 1. The second kappa shape index (κ2) is 11.0. The number of aryl methyl sites for hydroxylation is 2. The number of nitrogens with one attached hydrogen (secondary N) is 1. The van der Waals surface area contributed by atoms with E-state index in [2.05, 4.69) is 72.5 Å². The molecule has 0 amide bonds. The molecular formula is C26H31AlN2. The van der Waals surface area contributed by atoms with Crippen molar-refractivity contribution in [1.82, 2.24) is 0 Å². The SMILES string of the molecule is CCc1c(C=Nc2ccccc2)cccc1C[CH2][Al]([CH2]C)[NH]c1ccccc1C. The molecule has 0 aliphatic carbocycles. The minimum absolute atomic E-state index is 1.00. The van der Waals surface area contributed by atoms with E-state index in [-0.39, 0.29) is 0 Å². The molecule has 0 atom stereocenters. The zero-order chi connectivity index (χ0) is 20.5. The van der Waals surface area contributed by atoms with Crippen molar-refractivity contribution >= 4 is 32.0 Å². The van der Waals surface area contributed by atoms with E-state index in [4.69, 9.17) is 0 Å². The third-order valence-corrected chi connectivity index (χ3v) is 8.22. The third-order valence-electron chi connectivity index (χ3n) is 5.53. The predicted molar refractivity (Wildman–Crippen MR) is 129 cm³/mol. The van der Waals surface area contributed by atoms with Gasteiger partial charge in [-0.2, -0.15) is 0 Å². The van der Waals surface area contributed by atoms with Gasteiger partial charge in [0.1, 0.15) is 0 Å². The molecule has 2 nitrogen and oxygen atoms in total. The Labute approximate surface area is 180 Å². The molecule has 3 aromatic rings. The van der Waals surface area contributed by atoms with Crippen LogP contribution in [0.4, 0.5) is 11.4 Å². The monoisotopic (exact) mass is 398 g/mol. The maximum absolute atomic E-state index is 4.67. The Bertz CT molecular complexity index is 934. The fourth-order valence-electron chi connectivity index (χ4n) is 3.76. The van der Waals surface area contributed by atoms with Gasteiger partial charge < -0.3 is 4.30 Å². The quantitative estimate of drug-likeness (QED) is 0.305. The highest BCUT2D eigenvalue weighted by Crippen LogP contribution is 2.21. The van der Waals surface area contributed by atoms with Gasteiger partial charge in [0, 0.05) is 11.9 Å². The van der Waals surface area contributed by atoms with Crippen molar-refractivity contribution in [3.8, 4) is 0 Å². The summed E-state index contributed by atoms with van der Waals surface area (Å²) in [5.41, 5.74) is 7.81. The summed E-state index contributed by atoms with van der Waals surface area (Å²) in [6.07, 6.45) is 4.20. The summed E-state index contributed by atoms with van der Waals surface area (Å²) in [5, 5.41) is 2.52. The zero-order valence-electron chi connectivity index (χ0n) is 17.9. The Kier molecular flexibility index (Phi) is 8.11. The van der Waals surface area contributed by atoms with Gasteiger partial charge in [0.25, 0.3) is 0 Å². The molecule has 0 unspecified atom stereocenters. The van der Waals surface area contributed by atoms with E-state index >= 15 is 0 Å². The second-order valence-corrected chi connectivity index (χ2v) is 10.6. The van der Waals surface area contributed by atoms with E-state index in [9.17, 15) is 0 Å². The predicted octanol–water partition coefficient (Wildman–Crippen LogP) is 6.97. The number of para-hydroxylation sites is 2. The van der Waals surface area contributed by atoms with Crippen LogP contribution in [0.5, 0.6) is 0 Å². The van der Waals surface area contributed by atoms with Crippen LogP contribution in [0.2, 0.25) is 10.6 Å². The molecule has 1 N–H and O–H groups in total. The Morgan fingerprint density at radius 1 is 0.897 bits per heavy atom. The molecule has 0 radical (unpaired) electrons. The van der Waals surface area contributed by atoms with Crippen LogP contribution in [0.3, 0.4) is 0 Å². The summed E-state index contributed by atoms with van der Waals surface area (Å²) in [4.78, 5) is 4.67. The molecule has 0 saturated heterocycles. The van der Waals surface area contributed by atoms with Crippen LogP contribution in [-0.4, -0.2) is 20.6 Å². The Morgan fingerprint density at radius 2 is 1.66 bits per heavy atom. The number of rotatable bonds is 9. The first kappa shape index (κ1) is 21.4. The molecule has 0 saturated carbocycles. The fourth-order valence-corrected chi connectivity index (χ4v) is 5.94. The lowest BCUT2D eigenvalue weighted by Crippen LogP contribution is -2.24. The minimum atomic E-state index is -1.03. The Balaban J connectivity index is 1.71. The van der Waals surface area contributed by atoms with Gasteiger partial charge >= 0.3 is 14.4 Å². The Hall–Kier alpha value is -2.34. The normalized spacial score (nSPS) is 11.0. The van der Waals surface area contributed by atoms with E-state index < -0.39 is 14.4 Å². The van der Waals surface area contributed by atoms with Gasteiger partial charge in [-0.3, -0.25) is 4.99 Å². The Morgan fingerprint density at radius 3 is 2.38 bits per heavy atom. The molecule has 0 aromatic heterocycles. The van der Waals surface area contributed by atoms with Crippen LogP contribution >= 0.6 is 0 Å². The third kappa shape index (κ3) is 6.07. The molecule has 29 heavy (non-hydrogen) atoms. The molecule has 0 bridgehead atoms. The zero-order valence-corrected chi connectivity index (χ0v) is 19.0. The van der Waals surface area contributed by atoms with E-state index in [1.807, 2.05) is 36.5 Å². The molecule has 0 aliphatic heterocycles. The van der Waals surface area contributed by atoms with Crippen molar-refractivity contribution < 1.29 is 0 Å². The van der Waals surface area contributed by atoms with Crippen molar-refractivity contribution in [1.29, 1.82) is 0 Å². The lowest BCUT2D eigenvalue weighted by Gasteiger charge is -2.17. The van der Waals surface area contributed by atoms with Crippen LogP contribution in [-0.2, 0) is 12.8 Å². The minimum Gasteiger partial charge on any atom is -0.476 e. The summed E-state index contributed by atoms with van der Waals surface area (Å²) in [6.45, 7) is 6.76. The first-order chi connectivity index (χ1) is 14.2. The lowest BCUT2D eigenvalue weighted by atomic mass is 9.98. The van der Waals surface area contributed by atoms with Gasteiger partial charge in [-0.15, -0.1) is 0 Å². The number of anilines is 1. The highest BCUT2D eigenvalue weighted by molar-refractivity contribution is 6.62. The summed E-state index contributed by atoms with van der Waals surface area (Å²) in [5.74, 6) is 0. The molecular weight excluding hydrogens is 367 g/mol. The largest absolute Gasteiger partial charge is 0.476 e. The average molecular weight is 399 g/mol. The van der Waals surface area contributed by atoms with Crippen LogP contribution in [0.25, 0.3) is 0 Å². The van der Waals surface area contributed by atoms with E-state index in [0.29, 0.717) is 0 Å². The van der Waals surface area contributed by atoms with Crippen molar-refractivity contribution in [2.24, 2.45) is 4.99 Å². The van der Waals surface area contributed by atoms with E-state index in [0.717, 1.165) is 18.5 Å². The summed E-state index contributed by atoms with van der Waals surface area (Å²) < 4.78 is 3.88. The molecule has 0 aliphatic rings. The molecule has 148 valence electrons. The van der Waals surface area contributed by atoms with Gasteiger partial charge in [0.15, 0.2) is 0 Å². The van der Waals surface area contributed by atoms with Crippen LogP contribution in [0.15, 0.2) is 77.8 Å². The molecule has 3 heteroatoms. The highest BCUT2D eigenvalue weighted by Gasteiger charge is 2.18. The lowest BCUT2D eigenvalue weighted by molar-refractivity contribution is 1.02. The summed E-state index contributed by atoms with van der Waals surface area (Å²) >= 11 is -1.03. The topological polar surface area (TPSA) is 24.4 Å². The number of aliphatic imine (C=N–C) groups is 1. The van der Waals surface area contributed by atoms with Crippen molar-refractivity contribution in [3.63, 3.8) is 0 Å². The second-order valence-electron chi connectivity index (χ2n) is 7.54. The molecule has 3 rings (SSSR count). The van der Waals surface area contributed by atoms with Gasteiger partial charge in [-0.05, 0) is 60.2 Å². The van der Waals surface area contributed by atoms with E-state index in [1.54, 1.807) is 0 Å². The molecule has 0 spiro atoms. The van der Waals surface area contributed by atoms with Crippen molar-refractivity contribution in [2.45, 2.75) is 44.2 Å². The summed E-state index contributed by atoms with van der Waals surface area (Å²) in [6, 6.07) is 25.5. The maximum Gasteiger partial charge on any atom is 0.411 e. The smallest absolute Gasteiger partial charge is 0.411 e. The van der Waals surface area contributed by atoms with Gasteiger partial charge in [-0.1, -0.05) is 79.0 Å². The number of benzene rings is 3. The fraction of sp³-hybridized carbons (Fsp3) is 0.269. The molecule has 0 heterocycles. The van der Waals surface area contributed by atoms with Crippen LogP contribution < -0.4 is 4.30 Å². The maximum atomic E-state index is 4.67. The van der Waals surface area contributed by atoms with Gasteiger partial charge in [-0.25, -0.2) is 0 Å². The molecule has 3 aromatic carbocycles. The van der Waals surface area contributed by atoms with Gasteiger partial charge in [0.05, 0.1) is 5.69 Å². The number of hydrogen-bond acceptors (Lipinski definition) is 2. The van der Waals surface area contributed by atoms with E-state index in [1.165, 1.54) is 38.5 Å². The van der Waals surface area contributed by atoms with Crippen molar-refractivity contribution in [2.75, 3.05) is 4.30 Å². The van der Waals surface area contributed by atoms with Crippen molar-refractivity contribution in [3.05, 3.63) is 95.1 Å². The first-order valence-electron chi connectivity index (χ1n) is 10.7. The first-order valence-corrected chi connectivity index (χ1v) is 12.9. The summed E-state index contributed by atoms with van der Waals surface area (Å²) in [7, 11) is 0. The standard InChI is InChI=1S/C17H18N.C7H8N.C2H5.Al/c1-3-14-9-8-10-15(17(14)4-2)13-18-16-11-6-5-7-12-16;1-6-4-2-3-5-7(6)8;1-2;/h5-13H,1,3-4H2,2H3;2-5,8H,1H3;1H2,2H3;/q;-1;;+1. The van der Waals surface area contributed by atoms with Gasteiger partial charge in [0.2, 0.25) is 0 Å². The van der Waals surface area contributed by atoms with Crippen LogP contribution in [0, 0.1) is 6.92 Å². The number of nitrogens with zero attached hydrogens (tertiary/aromatic N) is 1. The highest BCUT2D eigenvalue weighted by atomic mass is 27.2.